The molecule has 0 unspecified atom stereocenters. The maximum atomic E-state index is 12.0. The van der Waals surface area contributed by atoms with Crippen molar-refractivity contribution in [3.05, 3.63) is 59.1 Å². The first-order chi connectivity index (χ1) is 11.0. The van der Waals surface area contributed by atoms with Gasteiger partial charge in [0.1, 0.15) is 18.1 Å². The molecule has 0 aliphatic rings. The number of sulfonamides is 1. The van der Waals surface area contributed by atoms with E-state index >= 15 is 0 Å². The lowest BCUT2D eigenvalue weighted by Gasteiger charge is -2.09. The van der Waals surface area contributed by atoms with Gasteiger partial charge in [0.15, 0.2) is 0 Å². The molecule has 2 rings (SSSR count). The second kappa shape index (κ2) is 8.19. The zero-order chi connectivity index (χ0) is 16.7. The number of nitrogens with one attached hydrogen (secondary N) is 1. The molecule has 2 aromatic carbocycles. The summed E-state index contributed by atoms with van der Waals surface area (Å²) in [6.07, 6.45) is 0. The van der Waals surface area contributed by atoms with E-state index in [4.69, 9.17) is 21.1 Å². The number of ether oxygens (including phenoxy) is 2. The van der Waals surface area contributed by atoms with Crippen LogP contribution in [0.2, 0.25) is 5.02 Å². The van der Waals surface area contributed by atoms with Crippen LogP contribution in [0.4, 0.5) is 0 Å². The minimum Gasteiger partial charge on any atom is -0.497 e. The van der Waals surface area contributed by atoms with E-state index in [-0.39, 0.29) is 18.9 Å². The maximum Gasteiger partial charge on any atom is 0.215 e. The molecule has 0 aliphatic heterocycles. The lowest BCUT2D eigenvalue weighted by molar-refractivity contribution is 0.322. The highest BCUT2D eigenvalue weighted by atomic mass is 35.5. The van der Waals surface area contributed by atoms with Crippen molar-refractivity contribution in [1.82, 2.24) is 4.72 Å². The molecule has 124 valence electrons. The van der Waals surface area contributed by atoms with Crippen molar-refractivity contribution in [3.8, 4) is 11.5 Å². The van der Waals surface area contributed by atoms with Crippen molar-refractivity contribution >= 4 is 21.6 Å². The molecule has 0 spiro atoms. The number of halogens is 1. The highest BCUT2D eigenvalue weighted by Crippen LogP contribution is 2.16. The van der Waals surface area contributed by atoms with Gasteiger partial charge in [0, 0.05) is 11.6 Å². The average Bonchev–Trinajstić information content (AvgIpc) is 2.52. The predicted octanol–water partition coefficient (Wildman–Crippen LogP) is 2.85. The Morgan fingerprint density at radius 2 is 1.78 bits per heavy atom. The smallest absolute Gasteiger partial charge is 0.215 e. The summed E-state index contributed by atoms with van der Waals surface area (Å²) >= 11 is 5.85. The molecule has 2 aromatic rings. The largest absolute Gasteiger partial charge is 0.497 e. The molecule has 1 N–H and O–H groups in total. The fourth-order valence-electron chi connectivity index (χ4n) is 1.94. The van der Waals surface area contributed by atoms with Gasteiger partial charge in [0.05, 0.1) is 12.9 Å². The molecule has 0 saturated carbocycles. The zero-order valence-electron chi connectivity index (χ0n) is 12.7. The van der Waals surface area contributed by atoms with Crippen LogP contribution in [0.25, 0.3) is 0 Å². The number of methoxy groups -OCH3 is 1. The molecule has 5 nitrogen and oxygen atoms in total. The normalized spacial score (nSPS) is 11.2. The van der Waals surface area contributed by atoms with Crippen molar-refractivity contribution in [2.75, 3.05) is 20.3 Å². The third-order valence-electron chi connectivity index (χ3n) is 3.00. The van der Waals surface area contributed by atoms with Gasteiger partial charge in [-0.25, -0.2) is 13.1 Å². The molecule has 0 aromatic heterocycles. The number of hydrogen-bond donors (Lipinski definition) is 1. The summed E-state index contributed by atoms with van der Waals surface area (Å²) in [5, 5.41) is 0.514. The van der Waals surface area contributed by atoms with Crippen molar-refractivity contribution in [3.63, 3.8) is 0 Å². The molecule has 23 heavy (non-hydrogen) atoms. The van der Waals surface area contributed by atoms with E-state index in [2.05, 4.69) is 4.72 Å². The van der Waals surface area contributed by atoms with E-state index in [1.165, 1.54) is 0 Å². The Morgan fingerprint density at radius 1 is 1.09 bits per heavy atom. The van der Waals surface area contributed by atoms with Crippen LogP contribution in [0.5, 0.6) is 11.5 Å². The van der Waals surface area contributed by atoms with Crippen molar-refractivity contribution in [1.29, 1.82) is 0 Å². The molecule has 0 aliphatic carbocycles. The van der Waals surface area contributed by atoms with Crippen LogP contribution in [-0.2, 0) is 15.8 Å². The first kappa shape index (κ1) is 17.6. The number of rotatable bonds is 8. The van der Waals surface area contributed by atoms with E-state index in [9.17, 15) is 8.42 Å². The molecule has 0 heterocycles. The van der Waals surface area contributed by atoms with E-state index in [1.54, 1.807) is 55.6 Å². The Labute approximate surface area is 141 Å². The molecule has 0 radical (unpaired) electrons. The summed E-state index contributed by atoms with van der Waals surface area (Å²) in [6, 6.07) is 13.9. The lowest BCUT2D eigenvalue weighted by atomic mass is 10.2. The molecule has 0 fully saturated rings. The Balaban J connectivity index is 1.78. The molecule has 0 bridgehead atoms. The Bertz CT molecular complexity index is 732. The van der Waals surface area contributed by atoms with Crippen LogP contribution in [0.15, 0.2) is 48.5 Å². The third-order valence-corrected chi connectivity index (χ3v) is 4.59. The van der Waals surface area contributed by atoms with Gasteiger partial charge in [-0.1, -0.05) is 23.7 Å². The summed E-state index contributed by atoms with van der Waals surface area (Å²) < 4.78 is 37.0. The van der Waals surface area contributed by atoms with Crippen molar-refractivity contribution in [2.45, 2.75) is 5.75 Å². The quantitative estimate of drug-likeness (QED) is 0.739. The van der Waals surface area contributed by atoms with E-state index in [0.717, 1.165) is 5.75 Å². The predicted molar refractivity (Wildman–Crippen MR) is 90.6 cm³/mol. The first-order valence-electron chi connectivity index (χ1n) is 6.97. The fourth-order valence-corrected chi connectivity index (χ4v) is 3.26. The van der Waals surface area contributed by atoms with E-state index in [1.807, 2.05) is 0 Å². The van der Waals surface area contributed by atoms with Crippen LogP contribution < -0.4 is 14.2 Å². The Hall–Kier alpha value is -1.76. The summed E-state index contributed by atoms with van der Waals surface area (Å²) in [6.45, 7) is 0.427. The zero-order valence-corrected chi connectivity index (χ0v) is 14.2. The van der Waals surface area contributed by atoms with Crippen LogP contribution in [-0.4, -0.2) is 28.7 Å². The minimum absolute atomic E-state index is 0.115. The Kier molecular flexibility index (Phi) is 6.27. The number of hydrogen-bond acceptors (Lipinski definition) is 4. The van der Waals surface area contributed by atoms with Gasteiger partial charge in [0.25, 0.3) is 0 Å². The van der Waals surface area contributed by atoms with E-state index in [0.29, 0.717) is 16.3 Å². The van der Waals surface area contributed by atoms with Crippen LogP contribution in [0.3, 0.4) is 0 Å². The highest BCUT2D eigenvalue weighted by Gasteiger charge is 2.11. The molecule has 0 amide bonds. The topological polar surface area (TPSA) is 64.6 Å². The lowest BCUT2D eigenvalue weighted by Crippen LogP contribution is -2.29. The first-order valence-corrected chi connectivity index (χ1v) is 9.00. The van der Waals surface area contributed by atoms with Gasteiger partial charge >= 0.3 is 0 Å². The third kappa shape index (κ3) is 6.09. The summed E-state index contributed by atoms with van der Waals surface area (Å²) in [7, 11) is -1.84. The highest BCUT2D eigenvalue weighted by molar-refractivity contribution is 7.88. The summed E-state index contributed by atoms with van der Waals surface area (Å²) in [5.74, 6) is 1.27. The van der Waals surface area contributed by atoms with Gasteiger partial charge in [-0.05, 0) is 42.0 Å². The standard InChI is InChI=1S/C16H18ClNO4S/c1-21-15-5-7-16(8-6-15)22-10-9-18-23(19,20)12-13-3-2-4-14(17)11-13/h2-8,11,18H,9-10,12H2,1H3. The van der Waals surface area contributed by atoms with Gasteiger partial charge in [-0.15, -0.1) is 0 Å². The van der Waals surface area contributed by atoms with Gasteiger partial charge < -0.3 is 9.47 Å². The molecular weight excluding hydrogens is 338 g/mol. The van der Waals surface area contributed by atoms with Crippen LogP contribution in [0, 0.1) is 0 Å². The summed E-state index contributed by atoms with van der Waals surface area (Å²) in [4.78, 5) is 0. The second-order valence-electron chi connectivity index (χ2n) is 4.81. The molecule has 7 heteroatoms. The summed E-state index contributed by atoms with van der Waals surface area (Å²) in [5.41, 5.74) is 0.640. The molecular formula is C16H18ClNO4S. The SMILES string of the molecule is COc1ccc(OCCNS(=O)(=O)Cc2cccc(Cl)c2)cc1. The maximum absolute atomic E-state index is 12.0. The average molecular weight is 356 g/mol. The van der Waals surface area contributed by atoms with Gasteiger partial charge in [-0.2, -0.15) is 0 Å². The van der Waals surface area contributed by atoms with Crippen LogP contribution in [0.1, 0.15) is 5.56 Å². The number of benzene rings is 2. The Morgan fingerprint density at radius 3 is 2.43 bits per heavy atom. The van der Waals surface area contributed by atoms with E-state index < -0.39 is 10.0 Å². The second-order valence-corrected chi connectivity index (χ2v) is 7.05. The minimum atomic E-state index is -3.43. The van der Waals surface area contributed by atoms with Crippen LogP contribution >= 0.6 is 11.6 Å². The van der Waals surface area contributed by atoms with Gasteiger partial charge in [-0.3, -0.25) is 0 Å². The van der Waals surface area contributed by atoms with Crippen molar-refractivity contribution < 1.29 is 17.9 Å². The van der Waals surface area contributed by atoms with Crippen molar-refractivity contribution in [2.24, 2.45) is 0 Å². The fraction of sp³-hybridized carbons (Fsp3) is 0.250. The van der Waals surface area contributed by atoms with Gasteiger partial charge in [0.2, 0.25) is 10.0 Å². The molecule has 0 atom stereocenters. The molecule has 0 saturated heterocycles. The monoisotopic (exact) mass is 355 g/mol.